The van der Waals surface area contributed by atoms with Crippen LogP contribution < -0.4 is 5.32 Å². The second kappa shape index (κ2) is 6.97. The Hall–Kier alpha value is -2.23. The molecule has 1 aromatic heterocycles. The number of rotatable bonds is 3. The van der Waals surface area contributed by atoms with E-state index in [0.717, 1.165) is 12.1 Å². The predicted molar refractivity (Wildman–Crippen MR) is 77.2 cm³/mol. The van der Waals surface area contributed by atoms with E-state index in [-0.39, 0.29) is 12.3 Å². The predicted octanol–water partition coefficient (Wildman–Crippen LogP) is 3.01. The van der Waals surface area contributed by atoms with Gasteiger partial charge in [-0.1, -0.05) is 11.8 Å². The molecular weight excluding hydrogens is 296 g/mol. The summed E-state index contributed by atoms with van der Waals surface area (Å²) in [5.41, 5.74) is 0.414. The number of hydrogen-bond donors (Lipinski definition) is 2. The molecule has 1 aromatic carbocycles. The number of aliphatic hydroxyl groups excluding tert-OH is 1. The van der Waals surface area contributed by atoms with Gasteiger partial charge in [0.25, 0.3) is 5.91 Å². The molecule has 0 aliphatic rings. The van der Waals surface area contributed by atoms with Gasteiger partial charge in [-0.05, 0) is 23.6 Å². The van der Waals surface area contributed by atoms with E-state index in [1.165, 1.54) is 11.3 Å². The maximum atomic E-state index is 13.5. The summed E-state index contributed by atoms with van der Waals surface area (Å²) in [6.07, 6.45) is 0.309. The highest BCUT2D eigenvalue weighted by Gasteiger charge is 2.14. The fourth-order valence-electron chi connectivity index (χ4n) is 1.57. The van der Waals surface area contributed by atoms with Crippen LogP contribution in [-0.4, -0.2) is 17.6 Å². The van der Waals surface area contributed by atoms with Crippen LogP contribution in [0.25, 0.3) is 0 Å². The average molecular weight is 307 g/mol. The van der Waals surface area contributed by atoms with Crippen molar-refractivity contribution in [3.63, 3.8) is 0 Å². The highest BCUT2D eigenvalue weighted by Crippen LogP contribution is 2.20. The zero-order valence-electron chi connectivity index (χ0n) is 10.8. The van der Waals surface area contributed by atoms with Crippen molar-refractivity contribution in [2.75, 3.05) is 11.9 Å². The largest absolute Gasteiger partial charge is 0.395 e. The molecule has 0 unspecified atom stereocenters. The molecule has 0 aliphatic carbocycles. The number of thiophene rings is 1. The summed E-state index contributed by atoms with van der Waals surface area (Å²) < 4.78 is 26.3. The number of anilines is 1. The lowest BCUT2D eigenvalue weighted by molar-refractivity contribution is 0.103. The summed E-state index contributed by atoms with van der Waals surface area (Å²) in [6.45, 7) is -0.0561. The van der Waals surface area contributed by atoms with Gasteiger partial charge in [0.1, 0.15) is 16.5 Å². The van der Waals surface area contributed by atoms with Gasteiger partial charge in [0.15, 0.2) is 0 Å². The first-order chi connectivity index (χ1) is 10.1. The van der Waals surface area contributed by atoms with E-state index in [1.54, 1.807) is 11.4 Å². The van der Waals surface area contributed by atoms with E-state index in [2.05, 4.69) is 17.2 Å². The minimum absolute atomic E-state index is 0.0561. The third-order valence-electron chi connectivity index (χ3n) is 2.51. The standard InChI is InChI=1S/C15H11F2NO2S/c16-11-4-5-13(12(17)9-11)18-15(20)14-10(6-8-21-14)3-1-2-7-19/h4-6,8-9,19H,2,7H2,(H,18,20). The molecule has 2 rings (SSSR count). The number of benzene rings is 1. The molecule has 2 aromatic rings. The van der Waals surface area contributed by atoms with E-state index in [4.69, 9.17) is 5.11 Å². The van der Waals surface area contributed by atoms with Gasteiger partial charge >= 0.3 is 0 Å². The van der Waals surface area contributed by atoms with Crippen LogP contribution in [0.5, 0.6) is 0 Å². The number of aliphatic hydroxyl groups is 1. The van der Waals surface area contributed by atoms with Gasteiger partial charge in [0.2, 0.25) is 0 Å². The summed E-state index contributed by atoms with van der Waals surface area (Å²) in [5, 5.41) is 12.7. The summed E-state index contributed by atoms with van der Waals surface area (Å²) in [7, 11) is 0. The first-order valence-electron chi connectivity index (χ1n) is 6.05. The zero-order chi connectivity index (χ0) is 15.2. The highest BCUT2D eigenvalue weighted by molar-refractivity contribution is 7.12. The van der Waals surface area contributed by atoms with Crippen molar-refractivity contribution in [3.05, 3.63) is 51.7 Å². The van der Waals surface area contributed by atoms with Crippen LogP contribution in [0.4, 0.5) is 14.5 Å². The minimum atomic E-state index is -0.840. The average Bonchev–Trinajstić information content (AvgIpc) is 2.91. The van der Waals surface area contributed by atoms with E-state index in [1.807, 2.05) is 0 Å². The highest BCUT2D eigenvalue weighted by atomic mass is 32.1. The third kappa shape index (κ3) is 3.88. The maximum Gasteiger partial charge on any atom is 0.267 e. The monoisotopic (exact) mass is 307 g/mol. The SMILES string of the molecule is O=C(Nc1ccc(F)cc1F)c1sccc1C#CCCO. The molecule has 0 spiro atoms. The maximum absolute atomic E-state index is 13.5. The van der Waals surface area contributed by atoms with Crippen molar-refractivity contribution in [2.24, 2.45) is 0 Å². The van der Waals surface area contributed by atoms with Gasteiger partial charge in [0, 0.05) is 18.1 Å². The second-order valence-corrected chi connectivity index (χ2v) is 4.93. The minimum Gasteiger partial charge on any atom is -0.395 e. The molecule has 2 N–H and O–H groups in total. The zero-order valence-corrected chi connectivity index (χ0v) is 11.6. The van der Waals surface area contributed by atoms with Crippen LogP contribution in [0.2, 0.25) is 0 Å². The molecule has 0 aliphatic heterocycles. The van der Waals surface area contributed by atoms with Gasteiger partial charge in [-0.25, -0.2) is 8.78 Å². The Morgan fingerprint density at radius 2 is 2.14 bits per heavy atom. The number of amides is 1. The first kappa shape index (κ1) is 15.2. The summed E-state index contributed by atoms with van der Waals surface area (Å²) in [6, 6.07) is 4.60. The molecular formula is C15H11F2NO2S. The van der Waals surface area contributed by atoms with Crippen molar-refractivity contribution >= 4 is 22.9 Å². The van der Waals surface area contributed by atoms with Gasteiger partial charge in [-0.3, -0.25) is 4.79 Å². The van der Waals surface area contributed by atoms with Gasteiger partial charge in [-0.15, -0.1) is 11.3 Å². The van der Waals surface area contributed by atoms with Gasteiger partial charge < -0.3 is 10.4 Å². The van der Waals surface area contributed by atoms with Crippen molar-refractivity contribution in [1.29, 1.82) is 0 Å². The van der Waals surface area contributed by atoms with Gasteiger partial charge in [-0.2, -0.15) is 0 Å². The van der Waals surface area contributed by atoms with Crippen LogP contribution in [0.1, 0.15) is 21.7 Å². The number of carbonyl (C=O) groups is 1. The molecule has 3 nitrogen and oxygen atoms in total. The fraction of sp³-hybridized carbons (Fsp3) is 0.133. The van der Waals surface area contributed by atoms with Gasteiger partial charge in [0.05, 0.1) is 12.3 Å². The second-order valence-electron chi connectivity index (χ2n) is 4.02. The lowest BCUT2D eigenvalue weighted by Gasteiger charge is -2.05. The number of hydrogen-bond acceptors (Lipinski definition) is 3. The van der Waals surface area contributed by atoms with Crippen molar-refractivity contribution in [2.45, 2.75) is 6.42 Å². The topological polar surface area (TPSA) is 49.3 Å². The Balaban J connectivity index is 2.18. The fourth-order valence-corrected chi connectivity index (χ4v) is 2.31. The van der Waals surface area contributed by atoms with Crippen molar-refractivity contribution < 1.29 is 18.7 Å². The Morgan fingerprint density at radius 3 is 2.86 bits per heavy atom. The van der Waals surface area contributed by atoms with Crippen LogP contribution in [0, 0.1) is 23.5 Å². The molecule has 21 heavy (non-hydrogen) atoms. The molecule has 6 heteroatoms. The number of carbonyl (C=O) groups excluding carboxylic acids is 1. The first-order valence-corrected chi connectivity index (χ1v) is 6.93. The number of nitrogens with one attached hydrogen (secondary N) is 1. The van der Waals surface area contributed by atoms with E-state index < -0.39 is 17.5 Å². The molecule has 1 heterocycles. The Bertz CT molecular complexity index is 716. The molecule has 1 amide bonds. The molecule has 0 atom stereocenters. The van der Waals surface area contributed by atoms with Crippen LogP contribution in [0.15, 0.2) is 29.6 Å². The summed E-state index contributed by atoms with van der Waals surface area (Å²) in [4.78, 5) is 12.4. The Labute approximate surface area is 124 Å². The smallest absolute Gasteiger partial charge is 0.267 e. The van der Waals surface area contributed by atoms with Crippen molar-refractivity contribution in [3.8, 4) is 11.8 Å². The molecule has 0 bridgehead atoms. The molecule has 0 radical (unpaired) electrons. The van der Waals surface area contributed by atoms with E-state index in [0.29, 0.717) is 22.9 Å². The summed E-state index contributed by atoms with van der Waals surface area (Å²) in [5.74, 6) is 3.43. The Morgan fingerprint density at radius 1 is 1.33 bits per heavy atom. The third-order valence-corrected chi connectivity index (χ3v) is 3.42. The molecule has 0 saturated heterocycles. The lowest BCUT2D eigenvalue weighted by atomic mass is 10.2. The van der Waals surface area contributed by atoms with E-state index in [9.17, 15) is 13.6 Å². The number of halogens is 2. The molecule has 0 fully saturated rings. The molecule has 0 saturated carbocycles. The van der Waals surface area contributed by atoms with Crippen molar-refractivity contribution in [1.82, 2.24) is 0 Å². The lowest BCUT2D eigenvalue weighted by Crippen LogP contribution is -2.12. The van der Waals surface area contributed by atoms with Crippen LogP contribution in [0.3, 0.4) is 0 Å². The summed E-state index contributed by atoms with van der Waals surface area (Å²) >= 11 is 1.17. The van der Waals surface area contributed by atoms with Crippen LogP contribution in [-0.2, 0) is 0 Å². The molecule has 108 valence electrons. The Kier molecular flexibility index (Phi) is 5.04. The quantitative estimate of drug-likeness (QED) is 0.856. The van der Waals surface area contributed by atoms with E-state index >= 15 is 0 Å². The van der Waals surface area contributed by atoms with Crippen LogP contribution >= 0.6 is 11.3 Å². The normalized spacial score (nSPS) is 9.86.